The number of benzene rings is 1. The van der Waals surface area contributed by atoms with Crippen molar-refractivity contribution in [1.82, 2.24) is 19.1 Å². The second-order valence-corrected chi connectivity index (χ2v) is 8.74. The van der Waals surface area contributed by atoms with Crippen molar-refractivity contribution in [3.8, 4) is 11.3 Å². The Morgan fingerprint density at radius 3 is 2.48 bits per heavy atom. The van der Waals surface area contributed by atoms with Crippen molar-refractivity contribution in [3.05, 3.63) is 72.2 Å². The molecule has 3 aromatic heterocycles. The van der Waals surface area contributed by atoms with Crippen LogP contribution in [0.15, 0.2) is 39.2 Å². The van der Waals surface area contributed by atoms with Gasteiger partial charge in [0.1, 0.15) is 16.0 Å². The molecule has 4 rings (SSSR count). The van der Waals surface area contributed by atoms with E-state index >= 15 is 0 Å². The Hall–Kier alpha value is -1.79. The summed E-state index contributed by atoms with van der Waals surface area (Å²) in [6.45, 7) is -0.764. The molecule has 1 radical (unpaired) electrons. The number of aliphatic hydroxyl groups is 2. The smallest absolute Gasteiger partial charge is 0.331 e. The van der Waals surface area contributed by atoms with Crippen molar-refractivity contribution in [2.75, 3.05) is 13.2 Å². The van der Waals surface area contributed by atoms with Gasteiger partial charge in [0.2, 0.25) is 0 Å². The molecule has 169 valence electrons. The molecular formula is C21H20ClFN4NaO4S. The van der Waals surface area contributed by atoms with Gasteiger partial charge in [-0.05, 0) is 12.1 Å². The SMILES string of the molecule is Cn1c(=O)c2c(-c3cccc(F)c3)[nH]c(C(c3nc(Cl)cs3)C(CO)CO)c2n(C)c1=O.[Na]. The molecular weight excluding hydrogens is 482 g/mol. The summed E-state index contributed by atoms with van der Waals surface area (Å²) in [6, 6.07) is 5.74. The number of aryl methyl sites for hydroxylation is 1. The molecule has 4 aromatic rings. The van der Waals surface area contributed by atoms with E-state index < -0.39 is 28.9 Å². The zero-order chi connectivity index (χ0) is 23.2. The van der Waals surface area contributed by atoms with Crippen LogP contribution in [0.2, 0.25) is 5.15 Å². The Morgan fingerprint density at radius 2 is 1.91 bits per heavy atom. The molecule has 0 aliphatic rings. The van der Waals surface area contributed by atoms with Gasteiger partial charge in [0, 0.05) is 73.7 Å². The molecule has 1 atom stereocenters. The number of H-pyrrole nitrogens is 1. The van der Waals surface area contributed by atoms with E-state index in [-0.39, 0.29) is 53.3 Å². The van der Waals surface area contributed by atoms with Gasteiger partial charge in [0.15, 0.2) is 0 Å². The van der Waals surface area contributed by atoms with Crippen molar-refractivity contribution in [2.45, 2.75) is 5.92 Å². The van der Waals surface area contributed by atoms with Crippen LogP contribution in [0, 0.1) is 11.7 Å². The van der Waals surface area contributed by atoms with Crippen LogP contribution in [-0.2, 0) is 14.1 Å². The van der Waals surface area contributed by atoms with E-state index in [2.05, 4.69) is 9.97 Å². The standard InChI is InChI=1S/C21H20ClFN4O4S.Na/c1-26-18-15(20(30)27(2)21(26)31)16(10-4-3-5-12(23)6-10)25-17(18)14(11(7-28)8-29)19-24-13(22)9-32-19;/h3-6,9,11,14,25,28-29H,7-8H2,1-2H3;. The van der Waals surface area contributed by atoms with E-state index in [1.807, 2.05) is 0 Å². The molecule has 0 saturated heterocycles. The minimum Gasteiger partial charge on any atom is -0.396 e. The minimum atomic E-state index is -0.704. The maximum Gasteiger partial charge on any atom is 0.331 e. The predicted octanol–water partition coefficient (Wildman–Crippen LogP) is 1.83. The van der Waals surface area contributed by atoms with Gasteiger partial charge in [-0.25, -0.2) is 14.2 Å². The van der Waals surface area contributed by atoms with Crippen molar-refractivity contribution in [3.63, 3.8) is 0 Å². The topological polar surface area (TPSA) is 113 Å². The van der Waals surface area contributed by atoms with E-state index in [4.69, 9.17) is 11.6 Å². The number of hydrogen-bond acceptors (Lipinski definition) is 6. The maximum atomic E-state index is 14.0. The number of thiazole rings is 1. The van der Waals surface area contributed by atoms with Crippen molar-refractivity contribution >= 4 is 63.4 Å². The minimum absolute atomic E-state index is 0. The number of hydrogen-bond donors (Lipinski definition) is 3. The predicted molar refractivity (Wildman–Crippen MR) is 127 cm³/mol. The zero-order valence-corrected chi connectivity index (χ0v) is 21.7. The summed E-state index contributed by atoms with van der Waals surface area (Å²) in [4.78, 5) is 33.4. The molecule has 1 aromatic carbocycles. The molecule has 0 aliphatic carbocycles. The Labute approximate surface area is 218 Å². The summed E-state index contributed by atoms with van der Waals surface area (Å²) in [5.41, 5.74) is 0.334. The van der Waals surface area contributed by atoms with Gasteiger partial charge < -0.3 is 15.2 Å². The molecule has 3 N–H and O–H groups in total. The van der Waals surface area contributed by atoms with Gasteiger partial charge in [-0.3, -0.25) is 13.9 Å². The van der Waals surface area contributed by atoms with Crippen LogP contribution in [-0.4, -0.2) is 72.1 Å². The third-order valence-electron chi connectivity index (χ3n) is 5.55. The van der Waals surface area contributed by atoms with Gasteiger partial charge >= 0.3 is 5.69 Å². The largest absolute Gasteiger partial charge is 0.396 e. The Balaban J connectivity index is 0.00000306. The second kappa shape index (κ2) is 10.2. The monoisotopic (exact) mass is 501 g/mol. The van der Waals surface area contributed by atoms with Crippen LogP contribution in [0.5, 0.6) is 0 Å². The van der Waals surface area contributed by atoms with Gasteiger partial charge in [-0.15, -0.1) is 11.3 Å². The summed E-state index contributed by atoms with van der Waals surface area (Å²) in [5, 5.41) is 22.5. The number of aromatic nitrogens is 4. The number of rotatable bonds is 6. The third-order valence-corrected chi connectivity index (χ3v) is 6.80. The van der Waals surface area contributed by atoms with E-state index in [9.17, 15) is 24.2 Å². The average molecular weight is 502 g/mol. The van der Waals surface area contributed by atoms with Crippen molar-refractivity contribution < 1.29 is 14.6 Å². The van der Waals surface area contributed by atoms with Crippen molar-refractivity contribution in [2.24, 2.45) is 20.0 Å². The van der Waals surface area contributed by atoms with Crippen LogP contribution in [0.1, 0.15) is 16.6 Å². The molecule has 33 heavy (non-hydrogen) atoms. The molecule has 3 heterocycles. The summed E-state index contributed by atoms with van der Waals surface area (Å²) < 4.78 is 16.3. The van der Waals surface area contributed by atoms with Crippen LogP contribution < -0.4 is 11.2 Å². The third kappa shape index (κ3) is 4.49. The molecule has 0 bridgehead atoms. The first-order valence-corrected chi connectivity index (χ1v) is 10.9. The number of nitrogens with one attached hydrogen (secondary N) is 1. The Morgan fingerprint density at radius 1 is 1.21 bits per heavy atom. The van der Waals surface area contributed by atoms with Gasteiger partial charge in [-0.2, -0.15) is 0 Å². The molecule has 0 spiro atoms. The Bertz CT molecular complexity index is 1430. The van der Waals surface area contributed by atoms with E-state index in [0.29, 0.717) is 27.5 Å². The number of nitrogens with zero attached hydrogens (tertiary/aromatic N) is 3. The fraction of sp³-hybridized carbons (Fsp3) is 0.286. The molecule has 0 aliphatic heterocycles. The molecule has 1 unspecified atom stereocenters. The van der Waals surface area contributed by atoms with Gasteiger partial charge in [0.05, 0.1) is 28.2 Å². The summed E-state index contributed by atoms with van der Waals surface area (Å²) in [6.07, 6.45) is 0. The number of aromatic amines is 1. The fourth-order valence-electron chi connectivity index (χ4n) is 3.97. The first-order valence-electron chi connectivity index (χ1n) is 9.68. The number of fused-ring (bicyclic) bond motifs is 1. The fourth-order valence-corrected chi connectivity index (χ4v) is 5.12. The van der Waals surface area contributed by atoms with Crippen molar-refractivity contribution in [1.29, 1.82) is 0 Å². The number of aliphatic hydroxyl groups excluding tert-OH is 2. The van der Waals surface area contributed by atoms with E-state index in [1.165, 1.54) is 48.2 Å². The summed E-state index contributed by atoms with van der Waals surface area (Å²) in [5.74, 6) is -1.89. The molecule has 0 saturated carbocycles. The zero-order valence-electron chi connectivity index (χ0n) is 18.2. The average Bonchev–Trinajstić information content (AvgIpc) is 3.38. The summed E-state index contributed by atoms with van der Waals surface area (Å²) >= 11 is 7.27. The van der Waals surface area contributed by atoms with Gasteiger partial charge in [-0.1, -0.05) is 23.7 Å². The maximum absolute atomic E-state index is 14.0. The van der Waals surface area contributed by atoms with Crippen LogP contribution in [0.3, 0.4) is 0 Å². The van der Waals surface area contributed by atoms with Crippen LogP contribution in [0.25, 0.3) is 22.2 Å². The van der Waals surface area contributed by atoms with Crippen LogP contribution >= 0.6 is 22.9 Å². The van der Waals surface area contributed by atoms with E-state index in [0.717, 1.165) is 4.57 Å². The second-order valence-electron chi connectivity index (χ2n) is 7.46. The molecule has 0 amide bonds. The van der Waals surface area contributed by atoms with E-state index in [1.54, 1.807) is 11.4 Å². The Kier molecular flexibility index (Phi) is 8.00. The quantitative estimate of drug-likeness (QED) is 0.349. The van der Waals surface area contributed by atoms with Crippen LogP contribution in [0.4, 0.5) is 4.39 Å². The van der Waals surface area contributed by atoms with Gasteiger partial charge in [0.25, 0.3) is 5.56 Å². The molecule has 0 fully saturated rings. The normalized spacial score (nSPS) is 12.3. The first kappa shape index (κ1) is 25.8. The first-order chi connectivity index (χ1) is 15.3. The molecule has 12 heteroatoms. The summed E-state index contributed by atoms with van der Waals surface area (Å²) in [7, 11) is 2.89. The number of halogens is 2. The molecule has 8 nitrogen and oxygen atoms in total.